The molecule has 0 fully saturated rings. The van der Waals surface area contributed by atoms with Gasteiger partial charge in [-0.3, -0.25) is 0 Å². The van der Waals surface area contributed by atoms with Crippen molar-refractivity contribution >= 4 is 22.6 Å². The number of rotatable bonds is 2. The second-order valence-electron chi connectivity index (χ2n) is 4.55. The van der Waals surface area contributed by atoms with Crippen LogP contribution in [0.15, 0.2) is 30.3 Å². The summed E-state index contributed by atoms with van der Waals surface area (Å²) in [5.74, 6) is 1.53. The zero-order valence-corrected chi connectivity index (χ0v) is 11.3. The molecule has 1 aromatic carbocycles. The van der Waals surface area contributed by atoms with Gasteiger partial charge in [0.1, 0.15) is 16.5 Å². The standard InChI is InChI=1S/C13H12ClN5/c1-8(2)13-15-11(14)7-12(16-13)19-10-6-4-3-5-9(10)17-18-19/h3-8H,1-2H3. The fraction of sp³-hybridized carbons (Fsp3) is 0.231. The van der Waals surface area contributed by atoms with E-state index in [-0.39, 0.29) is 5.92 Å². The SMILES string of the molecule is CC(C)c1nc(Cl)cc(-n2nnc3ccccc32)n1. The van der Waals surface area contributed by atoms with Gasteiger partial charge in [-0.25, -0.2) is 9.97 Å². The highest BCUT2D eigenvalue weighted by Crippen LogP contribution is 2.19. The van der Waals surface area contributed by atoms with Crippen LogP contribution in [0.4, 0.5) is 0 Å². The van der Waals surface area contributed by atoms with Gasteiger partial charge in [-0.05, 0) is 12.1 Å². The molecule has 6 heteroatoms. The lowest BCUT2D eigenvalue weighted by Gasteiger charge is -2.07. The van der Waals surface area contributed by atoms with Gasteiger partial charge in [0.2, 0.25) is 0 Å². The van der Waals surface area contributed by atoms with Crippen LogP contribution in [0, 0.1) is 0 Å². The number of benzene rings is 1. The predicted molar refractivity (Wildman–Crippen MR) is 73.6 cm³/mol. The summed E-state index contributed by atoms with van der Waals surface area (Å²) in [4.78, 5) is 8.71. The number of fused-ring (bicyclic) bond motifs is 1. The van der Waals surface area contributed by atoms with Crippen LogP contribution in [0.1, 0.15) is 25.6 Å². The maximum atomic E-state index is 6.05. The molecule has 96 valence electrons. The van der Waals surface area contributed by atoms with Crippen molar-refractivity contribution in [1.82, 2.24) is 25.0 Å². The van der Waals surface area contributed by atoms with Crippen LogP contribution in [-0.4, -0.2) is 25.0 Å². The van der Waals surface area contributed by atoms with E-state index in [1.54, 1.807) is 10.7 Å². The van der Waals surface area contributed by atoms with E-state index in [0.717, 1.165) is 11.0 Å². The Morgan fingerprint density at radius 3 is 2.74 bits per heavy atom. The number of hydrogen-bond acceptors (Lipinski definition) is 4. The van der Waals surface area contributed by atoms with E-state index in [9.17, 15) is 0 Å². The van der Waals surface area contributed by atoms with Crippen molar-refractivity contribution in [2.45, 2.75) is 19.8 Å². The van der Waals surface area contributed by atoms with Crippen molar-refractivity contribution in [2.75, 3.05) is 0 Å². The Morgan fingerprint density at radius 2 is 1.95 bits per heavy atom. The molecule has 2 aromatic heterocycles. The molecule has 5 nitrogen and oxygen atoms in total. The Kier molecular flexibility index (Phi) is 2.91. The fourth-order valence-corrected chi connectivity index (χ4v) is 2.01. The highest BCUT2D eigenvalue weighted by Gasteiger charge is 2.11. The monoisotopic (exact) mass is 273 g/mol. The van der Waals surface area contributed by atoms with Gasteiger partial charge >= 0.3 is 0 Å². The average molecular weight is 274 g/mol. The summed E-state index contributed by atoms with van der Waals surface area (Å²) < 4.78 is 1.68. The molecule has 19 heavy (non-hydrogen) atoms. The minimum absolute atomic E-state index is 0.201. The minimum atomic E-state index is 0.201. The molecule has 0 bridgehead atoms. The van der Waals surface area contributed by atoms with E-state index < -0.39 is 0 Å². The molecule has 0 spiro atoms. The zero-order chi connectivity index (χ0) is 13.4. The number of halogens is 1. The van der Waals surface area contributed by atoms with Crippen molar-refractivity contribution in [2.24, 2.45) is 0 Å². The third-order valence-corrected chi connectivity index (χ3v) is 2.98. The maximum Gasteiger partial charge on any atom is 0.161 e. The third kappa shape index (κ3) is 2.17. The number of hydrogen-bond donors (Lipinski definition) is 0. The molecule has 2 heterocycles. The van der Waals surface area contributed by atoms with Gasteiger partial charge < -0.3 is 0 Å². The van der Waals surface area contributed by atoms with Crippen LogP contribution in [0.5, 0.6) is 0 Å². The van der Waals surface area contributed by atoms with E-state index >= 15 is 0 Å². The fourth-order valence-electron chi connectivity index (χ4n) is 1.83. The normalized spacial score (nSPS) is 11.4. The van der Waals surface area contributed by atoms with Crippen LogP contribution in [-0.2, 0) is 0 Å². The summed E-state index contributed by atoms with van der Waals surface area (Å²) in [6, 6.07) is 9.40. The van der Waals surface area contributed by atoms with E-state index in [2.05, 4.69) is 20.3 Å². The maximum absolute atomic E-state index is 6.05. The molecule has 0 aliphatic rings. The predicted octanol–water partition coefficient (Wildman–Crippen LogP) is 2.99. The van der Waals surface area contributed by atoms with Crippen LogP contribution >= 0.6 is 11.6 Å². The third-order valence-electron chi connectivity index (χ3n) is 2.78. The molecule has 0 atom stereocenters. The van der Waals surface area contributed by atoms with Crippen LogP contribution in [0.25, 0.3) is 16.9 Å². The Labute approximate surface area is 115 Å². The molecule has 0 unspecified atom stereocenters. The molecule has 0 aliphatic heterocycles. The first-order valence-electron chi connectivity index (χ1n) is 6.00. The summed E-state index contributed by atoms with van der Waals surface area (Å²) >= 11 is 6.05. The summed E-state index contributed by atoms with van der Waals surface area (Å²) in [6.07, 6.45) is 0. The summed E-state index contributed by atoms with van der Waals surface area (Å²) in [7, 11) is 0. The lowest BCUT2D eigenvalue weighted by Crippen LogP contribution is -2.05. The van der Waals surface area contributed by atoms with Gasteiger partial charge in [-0.1, -0.05) is 42.8 Å². The summed E-state index contributed by atoms with van der Waals surface area (Å²) in [5, 5.41) is 8.64. The molecule has 0 radical (unpaired) electrons. The van der Waals surface area contributed by atoms with Gasteiger partial charge in [-0.2, -0.15) is 4.68 Å². The van der Waals surface area contributed by atoms with Crippen molar-refractivity contribution in [3.63, 3.8) is 0 Å². The lowest BCUT2D eigenvalue weighted by molar-refractivity contribution is 0.737. The van der Waals surface area contributed by atoms with Crippen molar-refractivity contribution in [3.05, 3.63) is 41.3 Å². The van der Waals surface area contributed by atoms with Gasteiger partial charge in [0.05, 0.1) is 5.52 Å². The first-order valence-corrected chi connectivity index (χ1v) is 6.38. The van der Waals surface area contributed by atoms with Crippen molar-refractivity contribution in [1.29, 1.82) is 0 Å². The Morgan fingerprint density at radius 1 is 1.16 bits per heavy atom. The first kappa shape index (κ1) is 12.0. The summed E-state index contributed by atoms with van der Waals surface area (Å²) in [6.45, 7) is 4.05. The molecule has 0 amide bonds. The second-order valence-corrected chi connectivity index (χ2v) is 4.94. The van der Waals surface area contributed by atoms with E-state index in [0.29, 0.717) is 16.8 Å². The Hall–Kier alpha value is -2.01. The molecular formula is C13H12ClN5. The number of aromatic nitrogens is 5. The molecule has 3 aromatic rings. The minimum Gasteiger partial charge on any atom is -0.221 e. The smallest absolute Gasteiger partial charge is 0.161 e. The second kappa shape index (κ2) is 4.59. The van der Waals surface area contributed by atoms with Crippen LogP contribution in [0.2, 0.25) is 5.15 Å². The molecule has 0 saturated carbocycles. The van der Waals surface area contributed by atoms with E-state index in [1.807, 2.05) is 38.1 Å². The largest absolute Gasteiger partial charge is 0.221 e. The first-order chi connectivity index (χ1) is 9.15. The quantitative estimate of drug-likeness (QED) is 0.674. The summed E-state index contributed by atoms with van der Waals surface area (Å²) in [5.41, 5.74) is 1.72. The molecular weight excluding hydrogens is 262 g/mol. The zero-order valence-electron chi connectivity index (χ0n) is 10.6. The Balaban J connectivity index is 2.21. The van der Waals surface area contributed by atoms with Crippen LogP contribution in [0.3, 0.4) is 0 Å². The highest BCUT2D eigenvalue weighted by atomic mass is 35.5. The lowest BCUT2D eigenvalue weighted by atomic mass is 10.2. The molecule has 0 N–H and O–H groups in total. The van der Waals surface area contributed by atoms with Gasteiger partial charge in [-0.15, -0.1) is 5.10 Å². The number of nitrogens with zero attached hydrogens (tertiary/aromatic N) is 5. The van der Waals surface area contributed by atoms with Crippen molar-refractivity contribution in [3.8, 4) is 5.82 Å². The van der Waals surface area contributed by atoms with Gasteiger partial charge in [0.15, 0.2) is 5.82 Å². The number of para-hydroxylation sites is 1. The molecule has 3 rings (SSSR count). The topological polar surface area (TPSA) is 56.5 Å². The molecule has 0 saturated heterocycles. The highest BCUT2D eigenvalue weighted by molar-refractivity contribution is 6.29. The Bertz CT molecular complexity index is 735. The van der Waals surface area contributed by atoms with E-state index in [4.69, 9.17) is 11.6 Å². The van der Waals surface area contributed by atoms with Crippen molar-refractivity contribution < 1.29 is 0 Å². The van der Waals surface area contributed by atoms with Gasteiger partial charge in [0, 0.05) is 12.0 Å². The van der Waals surface area contributed by atoms with E-state index in [1.165, 1.54) is 0 Å². The van der Waals surface area contributed by atoms with Crippen LogP contribution < -0.4 is 0 Å². The molecule has 0 aliphatic carbocycles. The van der Waals surface area contributed by atoms with Gasteiger partial charge in [0.25, 0.3) is 0 Å². The average Bonchev–Trinajstić information content (AvgIpc) is 2.81.